The average molecular weight is 283 g/mol. The number of aromatic nitrogens is 3. The Bertz CT molecular complexity index is 721. The van der Waals surface area contributed by atoms with E-state index in [1.807, 2.05) is 42.9 Å². The number of nitrogens with one attached hydrogen (secondary N) is 1. The highest BCUT2D eigenvalue weighted by atomic mass is 16.2. The fourth-order valence-electron chi connectivity index (χ4n) is 2.78. The molecule has 1 N–H and O–H groups in total. The molecular formula is C15H17N5O. The van der Waals surface area contributed by atoms with Crippen molar-refractivity contribution in [2.45, 2.75) is 25.8 Å². The van der Waals surface area contributed by atoms with Crippen molar-refractivity contribution in [2.24, 2.45) is 13.0 Å². The van der Waals surface area contributed by atoms with E-state index in [0.717, 1.165) is 24.2 Å². The van der Waals surface area contributed by atoms with Gasteiger partial charge in [0.15, 0.2) is 0 Å². The van der Waals surface area contributed by atoms with Gasteiger partial charge < -0.3 is 9.88 Å². The van der Waals surface area contributed by atoms with Crippen LogP contribution in [0.2, 0.25) is 0 Å². The van der Waals surface area contributed by atoms with Crippen LogP contribution >= 0.6 is 0 Å². The minimum atomic E-state index is -0.682. The largest absolute Gasteiger partial charge is 0.365 e. The molecule has 2 atom stereocenters. The van der Waals surface area contributed by atoms with Gasteiger partial charge in [0.25, 0.3) is 5.91 Å². The van der Waals surface area contributed by atoms with Crippen molar-refractivity contribution in [3.8, 4) is 17.5 Å². The standard InChI is InChI=1S/C15H17N5O/c1-3-5-11-10(9-16)15(21)20-14(17-11)8-12(18-20)13-6-4-7-19(13)2/h4,6-8,10-11,17H,3,5H2,1-2H3. The third-order valence-corrected chi connectivity index (χ3v) is 3.86. The lowest BCUT2D eigenvalue weighted by Gasteiger charge is -2.27. The zero-order chi connectivity index (χ0) is 15.0. The molecule has 6 heteroatoms. The molecule has 108 valence electrons. The first-order chi connectivity index (χ1) is 10.2. The van der Waals surface area contributed by atoms with Gasteiger partial charge in [0, 0.05) is 19.3 Å². The number of nitriles is 1. The molecule has 2 unspecified atom stereocenters. The molecule has 2 aromatic rings. The summed E-state index contributed by atoms with van der Waals surface area (Å²) in [5, 5.41) is 16.9. The molecule has 21 heavy (non-hydrogen) atoms. The van der Waals surface area contributed by atoms with E-state index in [-0.39, 0.29) is 11.9 Å². The summed E-state index contributed by atoms with van der Waals surface area (Å²) in [4.78, 5) is 12.4. The van der Waals surface area contributed by atoms with Crippen LogP contribution in [-0.4, -0.2) is 26.3 Å². The van der Waals surface area contributed by atoms with E-state index < -0.39 is 5.92 Å². The van der Waals surface area contributed by atoms with Gasteiger partial charge >= 0.3 is 0 Å². The molecule has 3 rings (SSSR count). The molecule has 1 aliphatic rings. The zero-order valence-electron chi connectivity index (χ0n) is 12.1. The number of rotatable bonds is 3. The molecule has 0 spiro atoms. The number of carbonyl (C=O) groups excluding carboxylic acids is 1. The van der Waals surface area contributed by atoms with E-state index >= 15 is 0 Å². The second-order valence-corrected chi connectivity index (χ2v) is 5.32. The van der Waals surface area contributed by atoms with Crippen LogP contribution in [0.25, 0.3) is 11.4 Å². The van der Waals surface area contributed by atoms with E-state index in [0.29, 0.717) is 5.82 Å². The molecule has 0 amide bonds. The maximum atomic E-state index is 12.4. The number of hydrogen-bond acceptors (Lipinski definition) is 4. The first-order valence-corrected chi connectivity index (χ1v) is 7.07. The molecule has 2 aromatic heterocycles. The minimum Gasteiger partial charge on any atom is -0.365 e. The lowest BCUT2D eigenvalue weighted by Crippen LogP contribution is -2.42. The third-order valence-electron chi connectivity index (χ3n) is 3.86. The normalized spacial score (nSPS) is 20.7. The molecule has 0 radical (unpaired) electrons. The Labute approximate surface area is 123 Å². The van der Waals surface area contributed by atoms with E-state index in [9.17, 15) is 10.1 Å². The summed E-state index contributed by atoms with van der Waals surface area (Å²) >= 11 is 0. The van der Waals surface area contributed by atoms with Crippen LogP contribution in [0, 0.1) is 17.2 Å². The summed E-state index contributed by atoms with van der Waals surface area (Å²) in [7, 11) is 1.93. The Morgan fingerprint density at radius 3 is 2.95 bits per heavy atom. The molecule has 0 bridgehead atoms. The predicted molar refractivity (Wildman–Crippen MR) is 78.7 cm³/mol. The molecule has 0 fully saturated rings. The smallest absolute Gasteiger partial charge is 0.268 e. The van der Waals surface area contributed by atoms with Gasteiger partial charge in [0.2, 0.25) is 0 Å². The highest BCUT2D eigenvalue weighted by Crippen LogP contribution is 2.29. The molecule has 0 aliphatic carbocycles. The van der Waals surface area contributed by atoms with Crippen LogP contribution in [-0.2, 0) is 7.05 Å². The maximum absolute atomic E-state index is 12.4. The SMILES string of the molecule is CCCC1Nc2cc(-c3cccn3C)nn2C(=O)C1C#N. The van der Waals surface area contributed by atoms with Crippen molar-refractivity contribution in [1.82, 2.24) is 14.3 Å². The Morgan fingerprint density at radius 1 is 1.52 bits per heavy atom. The first kappa shape index (κ1) is 13.4. The van der Waals surface area contributed by atoms with Crippen molar-refractivity contribution >= 4 is 11.7 Å². The Balaban J connectivity index is 2.02. The van der Waals surface area contributed by atoms with Crippen molar-refractivity contribution in [3.05, 3.63) is 24.4 Å². The minimum absolute atomic E-state index is 0.141. The molecule has 1 aliphatic heterocycles. The summed E-state index contributed by atoms with van der Waals surface area (Å²) in [5.74, 6) is -0.259. The lowest BCUT2D eigenvalue weighted by atomic mass is 9.94. The van der Waals surface area contributed by atoms with Crippen LogP contribution in [0.1, 0.15) is 24.6 Å². The molecular weight excluding hydrogens is 266 g/mol. The second-order valence-electron chi connectivity index (χ2n) is 5.32. The van der Waals surface area contributed by atoms with E-state index in [1.54, 1.807) is 0 Å². The summed E-state index contributed by atoms with van der Waals surface area (Å²) in [6.45, 7) is 2.04. The fraction of sp³-hybridized carbons (Fsp3) is 0.400. The van der Waals surface area contributed by atoms with Crippen LogP contribution in [0.3, 0.4) is 0 Å². The van der Waals surface area contributed by atoms with Crippen molar-refractivity contribution < 1.29 is 4.79 Å². The van der Waals surface area contributed by atoms with Crippen LogP contribution in [0.5, 0.6) is 0 Å². The zero-order valence-corrected chi connectivity index (χ0v) is 12.1. The summed E-state index contributed by atoms with van der Waals surface area (Å²) in [6, 6.07) is 7.71. The number of anilines is 1. The molecule has 0 aromatic carbocycles. The lowest BCUT2D eigenvalue weighted by molar-refractivity contribution is 0.0825. The number of nitrogens with zero attached hydrogens (tertiary/aromatic N) is 4. The molecule has 0 saturated heterocycles. The van der Waals surface area contributed by atoms with E-state index in [4.69, 9.17) is 0 Å². The number of aryl methyl sites for hydroxylation is 1. The topological polar surface area (TPSA) is 75.6 Å². The van der Waals surface area contributed by atoms with E-state index in [1.165, 1.54) is 4.68 Å². The number of fused-ring (bicyclic) bond motifs is 1. The van der Waals surface area contributed by atoms with Crippen LogP contribution in [0.15, 0.2) is 24.4 Å². The number of carbonyl (C=O) groups is 1. The van der Waals surface area contributed by atoms with E-state index in [2.05, 4.69) is 16.5 Å². The molecule has 0 saturated carbocycles. The summed E-state index contributed by atoms with van der Waals surface area (Å²) < 4.78 is 3.27. The second kappa shape index (κ2) is 5.09. The van der Waals surface area contributed by atoms with Gasteiger partial charge in [-0.25, -0.2) is 0 Å². The van der Waals surface area contributed by atoms with Crippen molar-refractivity contribution in [2.75, 3.05) is 5.32 Å². The third kappa shape index (κ3) is 2.11. The first-order valence-electron chi connectivity index (χ1n) is 7.07. The highest BCUT2D eigenvalue weighted by molar-refractivity contribution is 5.89. The predicted octanol–water partition coefficient (Wildman–Crippen LogP) is 2.26. The van der Waals surface area contributed by atoms with Gasteiger partial charge in [-0.3, -0.25) is 4.79 Å². The van der Waals surface area contributed by atoms with Gasteiger partial charge in [-0.2, -0.15) is 15.0 Å². The Hall–Kier alpha value is -2.55. The maximum Gasteiger partial charge on any atom is 0.268 e. The van der Waals surface area contributed by atoms with Gasteiger partial charge in [-0.05, 0) is 18.6 Å². The van der Waals surface area contributed by atoms with Gasteiger partial charge in [0.05, 0.1) is 17.8 Å². The van der Waals surface area contributed by atoms with Crippen molar-refractivity contribution in [3.63, 3.8) is 0 Å². The van der Waals surface area contributed by atoms with Gasteiger partial charge in [-0.15, -0.1) is 0 Å². The molecule has 3 heterocycles. The monoisotopic (exact) mass is 283 g/mol. The Kier molecular flexibility index (Phi) is 3.26. The van der Waals surface area contributed by atoms with Crippen LogP contribution in [0.4, 0.5) is 5.82 Å². The highest BCUT2D eigenvalue weighted by Gasteiger charge is 2.36. The van der Waals surface area contributed by atoms with Gasteiger partial charge in [0.1, 0.15) is 17.4 Å². The number of hydrogen-bond donors (Lipinski definition) is 1. The Morgan fingerprint density at radius 2 is 2.33 bits per heavy atom. The molecule has 6 nitrogen and oxygen atoms in total. The van der Waals surface area contributed by atoms with Crippen LogP contribution < -0.4 is 5.32 Å². The fourth-order valence-corrected chi connectivity index (χ4v) is 2.78. The summed E-state index contributed by atoms with van der Waals surface area (Å²) in [5.41, 5.74) is 1.67. The van der Waals surface area contributed by atoms with Gasteiger partial charge in [-0.1, -0.05) is 13.3 Å². The van der Waals surface area contributed by atoms with Crippen molar-refractivity contribution in [1.29, 1.82) is 5.26 Å². The summed E-state index contributed by atoms with van der Waals surface area (Å²) in [6.07, 6.45) is 3.64. The average Bonchev–Trinajstić information content (AvgIpc) is 3.05. The quantitative estimate of drug-likeness (QED) is 0.937.